The number of pyridine rings is 1. The number of hydrogen-bond acceptors (Lipinski definition) is 5. The molecule has 0 radical (unpaired) electrons. The molecule has 0 aromatic carbocycles. The number of hydrogen-bond donors (Lipinski definition) is 1. The van der Waals surface area contributed by atoms with E-state index in [1.165, 1.54) is 0 Å². The fourth-order valence-electron chi connectivity index (χ4n) is 4.51. The fraction of sp³-hybridized carbons (Fsp3) is 0.500. The maximum atomic E-state index is 11.9. The maximum Gasteiger partial charge on any atom is 0.228 e. The average molecular weight is 350 g/mol. The molecule has 1 saturated heterocycles. The Morgan fingerprint density at radius 1 is 1.38 bits per heavy atom. The van der Waals surface area contributed by atoms with Gasteiger partial charge in [0.15, 0.2) is 0 Å². The summed E-state index contributed by atoms with van der Waals surface area (Å²) in [6.07, 6.45) is 4.16. The van der Waals surface area contributed by atoms with Crippen molar-refractivity contribution in [3.63, 3.8) is 0 Å². The van der Waals surface area contributed by atoms with E-state index in [4.69, 9.17) is 11.6 Å². The molecule has 1 aromatic heterocycles. The number of carbonyl (C=O) groups excluding carboxylic acids is 1. The van der Waals surface area contributed by atoms with E-state index in [2.05, 4.69) is 14.7 Å². The van der Waals surface area contributed by atoms with E-state index in [-0.39, 0.29) is 12.2 Å². The van der Waals surface area contributed by atoms with Gasteiger partial charge in [0, 0.05) is 49.3 Å². The highest BCUT2D eigenvalue weighted by Crippen LogP contribution is 2.40. The van der Waals surface area contributed by atoms with Crippen LogP contribution < -0.4 is 4.90 Å². The number of aliphatic hydroxyl groups is 1. The van der Waals surface area contributed by atoms with Gasteiger partial charge in [-0.2, -0.15) is 0 Å². The van der Waals surface area contributed by atoms with Gasteiger partial charge < -0.3 is 10.0 Å². The number of piperidine rings is 1. The summed E-state index contributed by atoms with van der Waals surface area (Å²) >= 11 is 0. The molecule has 26 heavy (non-hydrogen) atoms. The van der Waals surface area contributed by atoms with Gasteiger partial charge in [0.1, 0.15) is 11.6 Å². The van der Waals surface area contributed by atoms with Crippen LogP contribution in [0.5, 0.6) is 0 Å². The fourth-order valence-corrected chi connectivity index (χ4v) is 4.51. The molecule has 1 aromatic rings. The average Bonchev–Trinajstić information content (AvgIpc) is 3.06. The van der Waals surface area contributed by atoms with Crippen molar-refractivity contribution in [3.05, 3.63) is 40.9 Å². The summed E-state index contributed by atoms with van der Waals surface area (Å²) in [6.45, 7) is 11.2. The van der Waals surface area contributed by atoms with Crippen LogP contribution in [-0.4, -0.2) is 46.8 Å². The van der Waals surface area contributed by atoms with Crippen LogP contribution in [-0.2, 0) is 4.79 Å². The minimum absolute atomic E-state index is 0.0989. The Morgan fingerprint density at radius 3 is 2.88 bits per heavy atom. The lowest BCUT2D eigenvalue weighted by atomic mass is 9.74. The van der Waals surface area contributed by atoms with Crippen LogP contribution in [0.2, 0.25) is 0 Å². The largest absolute Gasteiger partial charge is 0.385 e. The van der Waals surface area contributed by atoms with Gasteiger partial charge in [0.05, 0.1) is 18.7 Å². The van der Waals surface area contributed by atoms with Crippen molar-refractivity contribution in [2.75, 3.05) is 24.5 Å². The minimum Gasteiger partial charge on any atom is -0.385 e. The number of nitrogens with zero attached hydrogens (tertiary/aromatic N) is 4. The van der Waals surface area contributed by atoms with E-state index in [0.717, 1.165) is 48.6 Å². The van der Waals surface area contributed by atoms with Gasteiger partial charge in [0.2, 0.25) is 5.69 Å². The molecule has 2 aliphatic heterocycles. The first-order valence-electron chi connectivity index (χ1n) is 9.08. The van der Waals surface area contributed by atoms with Crippen LogP contribution in [0.15, 0.2) is 34.5 Å². The molecule has 0 bridgehead atoms. The standard InChI is InChI=1S/C20H22N4O2/c1-20(26)11-15(25)10-14-12-23-18(17(14)20)13-5-8-24(9-6-13)19-16(21-2)4-3-7-22-19/h3-4,7,13,26H,5-6,8-12H2,1H3. The Kier molecular flexibility index (Phi) is 4.12. The third kappa shape index (κ3) is 2.82. The van der Waals surface area contributed by atoms with E-state index in [1.54, 1.807) is 25.3 Å². The Labute approximate surface area is 153 Å². The van der Waals surface area contributed by atoms with Crippen molar-refractivity contribution in [1.29, 1.82) is 0 Å². The number of Topliss-reactive ketones (excluding diaryl/α,β-unsaturated/α-hetero) is 1. The third-order valence-corrected chi connectivity index (χ3v) is 5.61. The normalized spacial score (nSPS) is 26.6. The van der Waals surface area contributed by atoms with Crippen LogP contribution >= 0.6 is 0 Å². The highest BCUT2D eigenvalue weighted by Gasteiger charge is 2.43. The Bertz CT molecular complexity index is 855. The predicted molar refractivity (Wildman–Crippen MR) is 99.6 cm³/mol. The molecule has 0 saturated carbocycles. The Morgan fingerprint density at radius 2 is 2.15 bits per heavy atom. The van der Waals surface area contributed by atoms with Gasteiger partial charge >= 0.3 is 0 Å². The van der Waals surface area contributed by atoms with E-state index >= 15 is 0 Å². The van der Waals surface area contributed by atoms with Gasteiger partial charge in [-0.25, -0.2) is 4.85 Å². The van der Waals surface area contributed by atoms with Crippen molar-refractivity contribution >= 4 is 23.0 Å². The molecule has 0 amide bonds. The summed E-state index contributed by atoms with van der Waals surface area (Å²) in [5.74, 6) is 1.14. The number of carbonyl (C=O) groups is 1. The van der Waals surface area contributed by atoms with Crippen LogP contribution in [0.3, 0.4) is 0 Å². The lowest BCUT2D eigenvalue weighted by Gasteiger charge is -2.37. The van der Waals surface area contributed by atoms with Crippen molar-refractivity contribution < 1.29 is 9.90 Å². The molecular weight excluding hydrogens is 328 g/mol. The molecule has 134 valence electrons. The van der Waals surface area contributed by atoms with Crippen LogP contribution in [0, 0.1) is 12.5 Å². The third-order valence-electron chi connectivity index (χ3n) is 5.61. The van der Waals surface area contributed by atoms with Crippen LogP contribution in [0.25, 0.3) is 4.85 Å². The molecule has 3 aliphatic rings. The Hall–Kier alpha value is -2.52. The van der Waals surface area contributed by atoms with Crippen LogP contribution in [0.4, 0.5) is 11.5 Å². The summed E-state index contributed by atoms with van der Waals surface area (Å²) in [7, 11) is 0. The predicted octanol–water partition coefficient (Wildman–Crippen LogP) is 2.71. The zero-order valence-electron chi connectivity index (χ0n) is 14.9. The highest BCUT2D eigenvalue weighted by atomic mass is 16.3. The molecule has 0 spiro atoms. The molecule has 1 fully saturated rings. The molecule has 1 atom stereocenters. The van der Waals surface area contributed by atoms with E-state index < -0.39 is 5.60 Å². The Balaban J connectivity index is 1.51. The molecule has 1 N–H and O–H groups in total. The first-order valence-corrected chi connectivity index (χ1v) is 9.08. The lowest BCUT2D eigenvalue weighted by Crippen LogP contribution is -2.42. The zero-order chi connectivity index (χ0) is 18.3. The van der Waals surface area contributed by atoms with Crippen LogP contribution in [0.1, 0.15) is 32.6 Å². The SMILES string of the molecule is [C-]#[N+]c1cccnc1N1CCC(C2=NCC3=C2C(C)(O)CC(=O)C3)CC1. The minimum atomic E-state index is -1.09. The van der Waals surface area contributed by atoms with Crippen molar-refractivity contribution in [3.8, 4) is 0 Å². The molecule has 1 unspecified atom stereocenters. The highest BCUT2D eigenvalue weighted by molar-refractivity contribution is 6.08. The number of rotatable bonds is 2. The molecule has 1 aliphatic carbocycles. The molecule has 3 heterocycles. The zero-order valence-corrected chi connectivity index (χ0v) is 14.9. The van der Waals surface area contributed by atoms with Crippen molar-refractivity contribution in [1.82, 2.24) is 4.98 Å². The first kappa shape index (κ1) is 16.9. The van der Waals surface area contributed by atoms with E-state index in [9.17, 15) is 9.90 Å². The summed E-state index contributed by atoms with van der Waals surface area (Å²) < 4.78 is 0. The van der Waals surface area contributed by atoms with Gasteiger partial charge in [-0.3, -0.25) is 14.8 Å². The van der Waals surface area contributed by atoms with E-state index in [1.807, 2.05) is 0 Å². The second-order valence-corrected chi connectivity index (χ2v) is 7.57. The second-order valence-electron chi connectivity index (χ2n) is 7.57. The lowest BCUT2D eigenvalue weighted by molar-refractivity contribution is -0.122. The second kappa shape index (κ2) is 6.33. The first-order chi connectivity index (χ1) is 12.5. The maximum absolute atomic E-state index is 11.9. The topological polar surface area (TPSA) is 70.2 Å². The molecule has 4 rings (SSSR count). The van der Waals surface area contributed by atoms with Gasteiger partial charge in [-0.15, -0.1) is 0 Å². The molecular formula is C20H22N4O2. The summed E-state index contributed by atoms with van der Waals surface area (Å²) in [5, 5.41) is 10.8. The van der Waals surface area contributed by atoms with Crippen molar-refractivity contribution in [2.45, 2.75) is 38.2 Å². The summed E-state index contributed by atoms with van der Waals surface area (Å²) in [4.78, 5) is 26.7. The number of ketones is 1. The van der Waals surface area contributed by atoms with E-state index in [0.29, 0.717) is 24.6 Å². The van der Waals surface area contributed by atoms with Gasteiger partial charge in [0.25, 0.3) is 0 Å². The number of aromatic nitrogens is 1. The number of aliphatic imine (C=N–C) groups is 1. The van der Waals surface area contributed by atoms with Crippen molar-refractivity contribution in [2.24, 2.45) is 10.9 Å². The van der Waals surface area contributed by atoms with Gasteiger partial charge in [-0.05, 0) is 25.3 Å². The molecule has 6 heteroatoms. The smallest absolute Gasteiger partial charge is 0.228 e. The quantitative estimate of drug-likeness (QED) is 0.833. The number of anilines is 1. The summed E-state index contributed by atoms with van der Waals surface area (Å²) in [6, 6.07) is 3.59. The molecule has 6 nitrogen and oxygen atoms in total. The summed E-state index contributed by atoms with van der Waals surface area (Å²) in [5.41, 5.74) is 2.43. The monoisotopic (exact) mass is 350 g/mol. The van der Waals surface area contributed by atoms with Gasteiger partial charge in [-0.1, -0.05) is 12.1 Å².